The summed E-state index contributed by atoms with van der Waals surface area (Å²) in [6.45, 7) is 13.7. The normalized spacial score (nSPS) is 12.4. The maximum absolute atomic E-state index is 3.55. The summed E-state index contributed by atoms with van der Waals surface area (Å²) < 4.78 is 1.46. The molecule has 0 spiro atoms. The molecular formula is C39H40Cl2Hf-2. The number of allylic oxidation sites excluding steroid dienone is 4. The molecule has 0 bridgehead atoms. The van der Waals surface area contributed by atoms with Crippen LogP contribution in [-0.4, -0.2) is 3.26 Å². The van der Waals surface area contributed by atoms with Crippen LogP contribution in [-0.2, 0) is 41.1 Å². The Labute approximate surface area is 281 Å². The van der Waals surface area contributed by atoms with Crippen LogP contribution in [0, 0.1) is 12.1 Å². The Bertz CT molecular complexity index is 1450. The molecule has 0 amide bonds. The van der Waals surface area contributed by atoms with Crippen molar-refractivity contribution in [3.8, 4) is 11.1 Å². The Morgan fingerprint density at radius 3 is 1.76 bits per heavy atom. The van der Waals surface area contributed by atoms with Gasteiger partial charge in [0.15, 0.2) is 0 Å². The summed E-state index contributed by atoms with van der Waals surface area (Å²) in [5.74, 6) is 0. The van der Waals surface area contributed by atoms with Gasteiger partial charge in [-0.3, -0.25) is 6.08 Å². The van der Waals surface area contributed by atoms with Crippen LogP contribution < -0.4 is 24.8 Å². The molecule has 4 aromatic carbocycles. The average Bonchev–Trinajstić information content (AvgIpc) is 3.64. The second-order valence-corrected chi connectivity index (χ2v) is 14.2. The van der Waals surface area contributed by atoms with Crippen molar-refractivity contribution in [2.45, 2.75) is 65.2 Å². The minimum atomic E-state index is 0. The summed E-state index contributed by atoms with van der Waals surface area (Å²) in [4.78, 5) is 0. The summed E-state index contributed by atoms with van der Waals surface area (Å²) in [5.41, 5.74) is 11.6. The van der Waals surface area contributed by atoms with Gasteiger partial charge in [0.25, 0.3) is 0 Å². The molecular weight excluding hydrogens is 718 g/mol. The van der Waals surface area contributed by atoms with Gasteiger partial charge in [-0.25, -0.2) is 12.2 Å². The van der Waals surface area contributed by atoms with Gasteiger partial charge in [-0.2, -0.15) is 35.4 Å². The summed E-state index contributed by atoms with van der Waals surface area (Å²) in [7, 11) is 0. The van der Waals surface area contributed by atoms with Gasteiger partial charge >= 0.3 is 98.9 Å². The van der Waals surface area contributed by atoms with Crippen molar-refractivity contribution in [2.75, 3.05) is 0 Å². The molecule has 0 heterocycles. The number of hydrogen-bond donors (Lipinski definition) is 0. The fourth-order valence-electron chi connectivity index (χ4n) is 4.97. The van der Waals surface area contributed by atoms with Crippen molar-refractivity contribution in [1.29, 1.82) is 0 Å². The van der Waals surface area contributed by atoms with Crippen molar-refractivity contribution >= 4 is 3.26 Å². The SMILES string of the molecule is CC(C)(C)c1c[c-]c2c(c1)-c1cccc(C(C)(C)C)c1C2.[C-]1=CC=CC1.[Cl-].[Cl-].[Hf+2]=[C](c1ccccc1)c1ccccc1. The van der Waals surface area contributed by atoms with Gasteiger partial charge in [-0.1, -0.05) is 70.7 Å². The van der Waals surface area contributed by atoms with Crippen LogP contribution in [0.3, 0.4) is 0 Å². The van der Waals surface area contributed by atoms with Crippen LogP contribution in [0.25, 0.3) is 11.1 Å². The summed E-state index contributed by atoms with van der Waals surface area (Å²) in [5, 5.41) is 0. The molecule has 0 saturated carbocycles. The molecule has 0 N–H and O–H groups in total. The zero-order chi connectivity index (χ0) is 28.8. The van der Waals surface area contributed by atoms with E-state index in [9.17, 15) is 0 Å². The number of halogens is 2. The van der Waals surface area contributed by atoms with Gasteiger partial charge < -0.3 is 24.8 Å². The molecule has 3 heteroatoms. The van der Waals surface area contributed by atoms with E-state index >= 15 is 0 Å². The summed E-state index contributed by atoms with van der Waals surface area (Å²) >= 11 is 1.08. The Kier molecular flexibility index (Phi) is 13.6. The molecule has 4 aromatic rings. The Hall–Kier alpha value is -2.32. The second-order valence-electron chi connectivity index (χ2n) is 12.4. The van der Waals surface area contributed by atoms with Crippen LogP contribution in [0.15, 0.2) is 109 Å². The molecule has 2 aliphatic rings. The van der Waals surface area contributed by atoms with Crippen molar-refractivity contribution in [2.24, 2.45) is 0 Å². The quantitative estimate of drug-likeness (QED) is 0.190. The molecule has 0 fully saturated rings. The summed E-state index contributed by atoms with van der Waals surface area (Å²) in [6.07, 6.45) is 11.0. The molecule has 0 saturated heterocycles. The van der Waals surface area contributed by atoms with Gasteiger partial charge in [-0.05, 0) is 23.0 Å². The van der Waals surface area contributed by atoms with E-state index in [-0.39, 0.29) is 35.6 Å². The Morgan fingerprint density at radius 1 is 0.714 bits per heavy atom. The van der Waals surface area contributed by atoms with Crippen molar-refractivity contribution in [3.05, 3.63) is 155 Å². The fraction of sp³-hybridized carbons (Fsp3) is 0.256. The molecule has 0 radical (unpaired) electrons. The fourth-order valence-corrected chi connectivity index (χ4v) is 6.17. The zero-order valence-electron chi connectivity index (χ0n) is 25.6. The van der Waals surface area contributed by atoms with Gasteiger partial charge in [0, 0.05) is 0 Å². The van der Waals surface area contributed by atoms with E-state index in [1.807, 2.05) is 12.2 Å². The number of rotatable bonds is 2. The molecule has 2 aliphatic carbocycles. The third kappa shape index (κ3) is 9.34. The number of benzene rings is 4. The monoisotopic (exact) mass is 758 g/mol. The van der Waals surface area contributed by atoms with Crippen LogP contribution in [0.4, 0.5) is 0 Å². The van der Waals surface area contributed by atoms with Gasteiger partial charge in [-0.15, -0.1) is 12.0 Å². The Morgan fingerprint density at radius 2 is 1.31 bits per heavy atom. The van der Waals surface area contributed by atoms with E-state index < -0.39 is 0 Å². The molecule has 0 unspecified atom stereocenters. The zero-order valence-corrected chi connectivity index (χ0v) is 30.7. The topological polar surface area (TPSA) is 0 Å². The van der Waals surface area contributed by atoms with E-state index in [0.29, 0.717) is 0 Å². The summed E-state index contributed by atoms with van der Waals surface area (Å²) in [6, 6.07) is 36.1. The molecule has 0 nitrogen and oxygen atoms in total. The van der Waals surface area contributed by atoms with Crippen molar-refractivity contribution < 1.29 is 48.7 Å². The van der Waals surface area contributed by atoms with E-state index in [2.05, 4.69) is 151 Å². The van der Waals surface area contributed by atoms with Gasteiger partial charge in [0.1, 0.15) is 0 Å². The van der Waals surface area contributed by atoms with Crippen molar-refractivity contribution in [3.63, 3.8) is 0 Å². The minimum absolute atomic E-state index is 0. The molecule has 0 atom stereocenters. The Balaban J connectivity index is 0.000000253. The second kappa shape index (κ2) is 15.9. The first-order valence-corrected chi connectivity index (χ1v) is 15.9. The molecule has 0 aliphatic heterocycles. The van der Waals surface area contributed by atoms with Gasteiger partial charge in [0.05, 0.1) is 0 Å². The predicted molar refractivity (Wildman–Crippen MR) is 169 cm³/mol. The van der Waals surface area contributed by atoms with Crippen LogP contribution in [0.1, 0.15) is 81.3 Å². The van der Waals surface area contributed by atoms with Crippen LogP contribution in [0.2, 0.25) is 0 Å². The first-order valence-electron chi connectivity index (χ1n) is 14.1. The van der Waals surface area contributed by atoms with Crippen LogP contribution in [0.5, 0.6) is 0 Å². The van der Waals surface area contributed by atoms with Crippen molar-refractivity contribution in [1.82, 2.24) is 0 Å². The molecule has 216 valence electrons. The first kappa shape index (κ1) is 35.9. The number of hydrogen-bond acceptors (Lipinski definition) is 0. The van der Waals surface area contributed by atoms with E-state index in [1.165, 1.54) is 47.8 Å². The number of fused-ring (bicyclic) bond motifs is 3. The average molecular weight is 758 g/mol. The third-order valence-electron chi connectivity index (χ3n) is 7.23. The van der Waals surface area contributed by atoms with E-state index in [0.717, 1.165) is 36.7 Å². The molecule has 6 rings (SSSR count). The van der Waals surface area contributed by atoms with E-state index in [4.69, 9.17) is 0 Å². The standard InChI is InChI=1S/C21H25.C13H10.C5H5.2ClH.Hf/c1-20(2,3)15-11-10-14-12-18-16(17(14)13-15)8-7-9-19(18)21(4,5)6;1-3-7-12(8-4-1)11-13-9-5-2-6-10-13;1-2-4-5-3-1;;;/h7-9,11,13H,12H2,1-6H3;1-10H;1-3H,4H2;2*1H;/q-1;;-1;;;+2/p-2. The first-order chi connectivity index (χ1) is 19.1. The van der Waals surface area contributed by atoms with E-state index in [1.54, 1.807) is 0 Å². The van der Waals surface area contributed by atoms with Crippen LogP contribution >= 0.6 is 0 Å². The molecule has 0 aromatic heterocycles. The molecule has 42 heavy (non-hydrogen) atoms. The predicted octanol–water partition coefficient (Wildman–Crippen LogP) is 3.77. The van der Waals surface area contributed by atoms with Gasteiger partial charge in [0.2, 0.25) is 0 Å². The third-order valence-corrected chi connectivity index (χ3v) is 9.31. The maximum atomic E-state index is 3.55.